The van der Waals surface area contributed by atoms with Crippen molar-refractivity contribution in [1.29, 1.82) is 0 Å². The van der Waals surface area contributed by atoms with E-state index in [4.69, 9.17) is 4.74 Å². The summed E-state index contributed by atoms with van der Waals surface area (Å²) in [6.45, 7) is 4.17. The van der Waals surface area contributed by atoms with Crippen LogP contribution in [0.5, 0.6) is 5.75 Å². The summed E-state index contributed by atoms with van der Waals surface area (Å²) in [6, 6.07) is 11.4. The van der Waals surface area contributed by atoms with Crippen molar-refractivity contribution in [2.24, 2.45) is 0 Å². The summed E-state index contributed by atoms with van der Waals surface area (Å²) in [4.78, 5) is 24.7. The highest BCUT2D eigenvalue weighted by atomic mass is 32.2. The van der Waals surface area contributed by atoms with Gasteiger partial charge in [0.2, 0.25) is 10.0 Å². The van der Waals surface area contributed by atoms with Crippen molar-refractivity contribution in [3.05, 3.63) is 53.6 Å². The molecule has 1 aliphatic rings. The molecule has 1 heterocycles. The zero-order chi connectivity index (χ0) is 22.6. The minimum Gasteiger partial charge on any atom is -0.497 e. The quantitative estimate of drug-likeness (QED) is 0.664. The monoisotopic (exact) mass is 445 g/mol. The largest absolute Gasteiger partial charge is 0.497 e. The lowest BCUT2D eigenvalue weighted by Crippen LogP contribution is -2.45. The first kappa shape index (κ1) is 22.8. The minimum absolute atomic E-state index is 0.0639. The Morgan fingerprint density at radius 2 is 1.81 bits per heavy atom. The van der Waals surface area contributed by atoms with Crippen LogP contribution in [-0.4, -0.2) is 50.8 Å². The number of aryl methyl sites for hydroxylation is 2. The number of rotatable bonds is 6. The van der Waals surface area contributed by atoms with Crippen LogP contribution in [0.25, 0.3) is 0 Å². The van der Waals surface area contributed by atoms with Gasteiger partial charge in [0, 0.05) is 24.8 Å². The number of methoxy groups -OCH3 is 1. The molecular formula is C22H27N3O5S. The second-order valence-corrected chi connectivity index (χ2v) is 9.46. The van der Waals surface area contributed by atoms with Crippen LogP contribution in [0.3, 0.4) is 0 Å². The van der Waals surface area contributed by atoms with Crippen molar-refractivity contribution in [3.63, 3.8) is 0 Å². The Bertz CT molecular complexity index is 1070. The van der Waals surface area contributed by atoms with E-state index < -0.39 is 27.9 Å². The molecular weight excluding hydrogens is 418 g/mol. The van der Waals surface area contributed by atoms with E-state index >= 15 is 0 Å². The number of anilines is 1. The molecule has 8 nitrogen and oxygen atoms in total. The van der Waals surface area contributed by atoms with Crippen molar-refractivity contribution < 1.29 is 22.7 Å². The average molecular weight is 446 g/mol. The first-order chi connectivity index (χ1) is 14.7. The third-order valence-corrected chi connectivity index (χ3v) is 7.30. The molecule has 0 aromatic heterocycles. The van der Waals surface area contributed by atoms with Gasteiger partial charge < -0.3 is 15.4 Å². The number of hydrogen-bond acceptors (Lipinski definition) is 5. The highest BCUT2D eigenvalue weighted by Crippen LogP contribution is 2.27. The second kappa shape index (κ2) is 9.49. The zero-order valence-corrected chi connectivity index (χ0v) is 18.7. The minimum atomic E-state index is -3.71. The Morgan fingerprint density at radius 1 is 1.10 bits per heavy atom. The number of nitrogens with zero attached hydrogens (tertiary/aromatic N) is 1. The number of ether oxygens (including phenoxy) is 1. The fourth-order valence-corrected chi connectivity index (χ4v) is 5.25. The van der Waals surface area contributed by atoms with Gasteiger partial charge in [-0.15, -0.1) is 0 Å². The van der Waals surface area contributed by atoms with E-state index in [1.807, 2.05) is 26.0 Å². The van der Waals surface area contributed by atoms with Gasteiger partial charge in [-0.3, -0.25) is 9.59 Å². The summed E-state index contributed by atoms with van der Waals surface area (Å²) in [5.74, 6) is -1.01. The number of amides is 2. The first-order valence-electron chi connectivity index (χ1n) is 10.0. The van der Waals surface area contributed by atoms with Crippen molar-refractivity contribution in [2.45, 2.75) is 37.6 Å². The summed E-state index contributed by atoms with van der Waals surface area (Å²) in [5, 5.41) is 5.18. The lowest BCUT2D eigenvalue weighted by atomic mass is 10.1. The molecule has 2 aromatic rings. The van der Waals surface area contributed by atoms with Gasteiger partial charge in [-0.2, -0.15) is 4.31 Å². The van der Waals surface area contributed by atoms with Crippen LogP contribution in [-0.2, 0) is 19.6 Å². The maximum absolute atomic E-state index is 13.0. The number of sulfonamides is 1. The van der Waals surface area contributed by atoms with E-state index in [2.05, 4.69) is 10.6 Å². The van der Waals surface area contributed by atoms with Crippen LogP contribution in [0.4, 0.5) is 5.69 Å². The summed E-state index contributed by atoms with van der Waals surface area (Å²) in [6.07, 6.45) is 1.29. The van der Waals surface area contributed by atoms with E-state index in [0.717, 1.165) is 11.1 Å². The van der Waals surface area contributed by atoms with Crippen LogP contribution in [0.1, 0.15) is 24.0 Å². The molecule has 9 heteroatoms. The molecule has 1 aliphatic heterocycles. The third-order valence-electron chi connectivity index (χ3n) is 5.33. The SMILES string of the molecule is COc1ccc(S(=O)(=O)N2CCC[C@H]2CNC(=O)C(=O)Nc2cc(C)ccc2C)cc1. The number of benzene rings is 2. The summed E-state index contributed by atoms with van der Waals surface area (Å²) >= 11 is 0. The van der Waals surface area contributed by atoms with Gasteiger partial charge in [-0.1, -0.05) is 12.1 Å². The van der Waals surface area contributed by atoms with E-state index in [1.165, 1.54) is 23.5 Å². The summed E-state index contributed by atoms with van der Waals surface area (Å²) in [7, 11) is -2.20. The molecule has 1 fully saturated rings. The molecule has 2 N–H and O–H groups in total. The highest BCUT2D eigenvalue weighted by molar-refractivity contribution is 7.89. The second-order valence-electron chi connectivity index (χ2n) is 7.57. The third kappa shape index (κ3) is 5.23. The van der Waals surface area contributed by atoms with Gasteiger partial charge in [-0.25, -0.2) is 8.42 Å². The smallest absolute Gasteiger partial charge is 0.313 e. The zero-order valence-electron chi connectivity index (χ0n) is 17.8. The molecule has 1 atom stereocenters. The Kier molecular flexibility index (Phi) is 6.97. The van der Waals surface area contributed by atoms with Crippen LogP contribution >= 0.6 is 0 Å². The first-order valence-corrected chi connectivity index (χ1v) is 11.5. The van der Waals surface area contributed by atoms with Crippen molar-refractivity contribution >= 4 is 27.5 Å². The van der Waals surface area contributed by atoms with Gasteiger partial charge >= 0.3 is 11.8 Å². The lowest BCUT2D eigenvalue weighted by molar-refractivity contribution is -0.136. The topological polar surface area (TPSA) is 105 Å². The molecule has 0 aliphatic carbocycles. The average Bonchev–Trinajstić information content (AvgIpc) is 3.24. The molecule has 3 rings (SSSR count). The van der Waals surface area contributed by atoms with Gasteiger partial charge in [0.25, 0.3) is 0 Å². The van der Waals surface area contributed by atoms with Crippen LogP contribution in [0.15, 0.2) is 47.4 Å². The predicted molar refractivity (Wildman–Crippen MR) is 117 cm³/mol. The molecule has 2 aromatic carbocycles. The molecule has 1 saturated heterocycles. The van der Waals surface area contributed by atoms with Gasteiger partial charge in [-0.05, 0) is 68.1 Å². The predicted octanol–water partition coefficient (Wildman–Crippen LogP) is 2.22. The molecule has 0 saturated carbocycles. The normalized spacial score (nSPS) is 16.7. The van der Waals surface area contributed by atoms with Crippen LogP contribution < -0.4 is 15.4 Å². The van der Waals surface area contributed by atoms with E-state index in [0.29, 0.717) is 30.8 Å². The summed E-state index contributed by atoms with van der Waals surface area (Å²) in [5.41, 5.74) is 2.38. The summed E-state index contributed by atoms with van der Waals surface area (Å²) < 4.78 is 32.5. The standard InChI is InChI=1S/C22H27N3O5S/c1-15-6-7-16(2)20(13-15)24-22(27)21(26)23-14-17-5-4-12-25(17)31(28,29)19-10-8-18(30-3)9-11-19/h6-11,13,17H,4-5,12,14H2,1-3H3,(H,23,26)(H,24,27)/t17-/m0/s1. The Balaban J connectivity index is 1.63. The maximum Gasteiger partial charge on any atom is 0.313 e. The van der Waals surface area contributed by atoms with Crippen molar-refractivity contribution in [2.75, 3.05) is 25.5 Å². The van der Waals surface area contributed by atoms with Crippen LogP contribution in [0, 0.1) is 13.8 Å². The van der Waals surface area contributed by atoms with Crippen molar-refractivity contribution in [1.82, 2.24) is 9.62 Å². The lowest BCUT2D eigenvalue weighted by Gasteiger charge is -2.24. The highest BCUT2D eigenvalue weighted by Gasteiger charge is 2.35. The van der Waals surface area contributed by atoms with E-state index in [-0.39, 0.29) is 11.4 Å². The van der Waals surface area contributed by atoms with E-state index in [1.54, 1.807) is 18.2 Å². The number of nitrogens with one attached hydrogen (secondary N) is 2. The molecule has 31 heavy (non-hydrogen) atoms. The fraction of sp³-hybridized carbons (Fsp3) is 0.364. The Morgan fingerprint density at radius 3 is 2.48 bits per heavy atom. The molecule has 2 amide bonds. The molecule has 0 bridgehead atoms. The number of carbonyl (C=O) groups excluding carboxylic acids is 2. The molecule has 0 radical (unpaired) electrons. The number of hydrogen-bond donors (Lipinski definition) is 2. The van der Waals surface area contributed by atoms with E-state index in [9.17, 15) is 18.0 Å². The Hall–Kier alpha value is -2.91. The Labute approximate surface area is 182 Å². The van der Waals surface area contributed by atoms with Gasteiger partial charge in [0.05, 0.1) is 12.0 Å². The van der Waals surface area contributed by atoms with Gasteiger partial charge in [0.1, 0.15) is 5.75 Å². The van der Waals surface area contributed by atoms with Crippen molar-refractivity contribution in [3.8, 4) is 5.75 Å². The molecule has 166 valence electrons. The van der Waals surface area contributed by atoms with Gasteiger partial charge in [0.15, 0.2) is 0 Å². The number of carbonyl (C=O) groups is 2. The van der Waals surface area contributed by atoms with Crippen LogP contribution in [0.2, 0.25) is 0 Å². The maximum atomic E-state index is 13.0. The molecule has 0 spiro atoms. The fourth-order valence-electron chi connectivity index (χ4n) is 3.55. The molecule has 0 unspecified atom stereocenters.